The Bertz CT molecular complexity index is 2100. The number of anilines is 12. The molecule has 6 aromatic rings. The van der Waals surface area contributed by atoms with Gasteiger partial charge in [0.1, 0.15) is 0 Å². The summed E-state index contributed by atoms with van der Waals surface area (Å²) < 4.78 is 0. The summed E-state index contributed by atoms with van der Waals surface area (Å²) in [6.45, 7) is 0. The van der Waals surface area contributed by atoms with Crippen molar-refractivity contribution < 1.29 is 0 Å². The highest BCUT2D eigenvalue weighted by Crippen LogP contribution is 2.49. The number of hydrogen-bond acceptors (Lipinski definition) is 12. The lowest BCUT2D eigenvalue weighted by Gasteiger charge is -2.24. The first-order valence-electron chi connectivity index (χ1n) is 19.9. The third kappa shape index (κ3) is 14.8. The lowest BCUT2D eigenvalue weighted by atomic mass is 10.2. The molecule has 0 aliphatic carbocycles. The topological polar surface area (TPSA) is 55.5 Å². The van der Waals surface area contributed by atoms with Crippen LogP contribution < -0.4 is 45.3 Å². The van der Waals surface area contributed by atoms with Crippen LogP contribution in [0.4, 0.5) is 68.2 Å². The van der Waals surface area contributed by atoms with Crippen LogP contribution in [0, 0.1) is 0 Å². The first-order valence-corrected chi connectivity index (χ1v) is 22.3. The summed E-state index contributed by atoms with van der Waals surface area (Å²) in [4.78, 5) is 20.5. The average Bonchev–Trinajstić information content (AvgIpc) is 3.23. The lowest BCUT2D eigenvalue weighted by Crippen LogP contribution is -2.10. The second kappa shape index (κ2) is 27.1. The van der Waals surface area contributed by atoms with Crippen molar-refractivity contribution in [2.75, 3.05) is 130 Å². The van der Waals surface area contributed by atoms with Gasteiger partial charge < -0.3 is 45.3 Å². The highest BCUT2D eigenvalue weighted by atomic mass is 127. The SMILES string of the molecule is Br.Br.CN(C)c1ccc2c(c1)Sc1cc(N(C)C)ccc1N2.CN(C)c1ccc2c(c1)Sc1cc(N(C)C)ccc1N2.CN(C)c1ccc2c(c1)Sc1cc(N(C)C)ccc1N2.Cl.Cl.I.I. The van der Waals surface area contributed by atoms with Crippen LogP contribution in [0.2, 0.25) is 0 Å². The second-order valence-corrected chi connectivity index (χ2v) is 19.4. The maximum atomic E-state index is 3.51. The van der Waals surface area contributed by atoms with E-state index in [-0.39, 0.29) is 107 Å². The van der Waals surface area contributed by atoms with Crippen LogP contribution in [0.3, 0.4) is 0 Å². The van der Waals surface area contributed by atoms with Gasteiger partial charge in [0.25, 0.3) is 0 Å². The molecule has 0 bridgehead atoms. The van der Waals surface area contributed by atoms with Gasteiger partial charge in [0.05, 0.1) is 34.1 Å². The Hall–Kier alpha value is -2.43. The van der Waals surface area contributed by atoms with Crippen LogP contribution in [0.5, 0.6) is 0 Å². The Labute approximate surface area is 473 Å². The molecule has 0 saturated carbocycles. The lowest BCUT2D eigenvalue weighted by molar-refractivity contribution is 1.11. The molecule has 18 heteroatoms. The molecule has 360 valence electrons. The van der Waals surface area contributed by atoms with E-state index in [0.29, 0.717) is 0 Å². The van der Waals surface area contributed by atoms with Crippen molar-refractivity contribution in [2.24, 2.45) is 0 Å². The molecule has 3 aliphatic heterocycles. The molecule has 0 fully saturated rings. The molecule has 0 spiro atoms. The molecule has 0 aromatic heterocycles. The molecule has 3 N–H and O–H groups in total. The number of nitrogens with one attached hydrogen (secondary N) is 3. The minimum atomic E-state index is 0. The van der Waals surface area contributed by atoms with E-state index in [1.165, 1.54) is 97.6 Å². The van der Waals surface area contributed by atoms with Gasteiger partial charge in [-0.3, -0.25) is 0 Å². The highest BCUT2D eigenvalue weighted by molar-refractivity contribution is 14.0. The molecule has 0 atom stereocenters. The molecule has 9 nitrogen and oxygen atoms in total. The Balaban J connectivity index is 0.000000473. The minimum absolute atomic E-state index is 0. The molecule has 0 saturated heterocycles. The van der Waals surface area contributed by atoms with Crippen LogP contribution in [0.15, 0.2) is 139 Å². The monoisotopic (exact) mass is 1340 g/mol. The Kier molecular flexibility index (Phi) is 25.3. The van der Waals surface area contributed by atoms with Gasteiger partial charge in [-0.25, -0.2) is 0 Å². The second-order valence-electron chi connectivity index (χ2n) is 16.1. The molecular weight excluding hydrogens is 1280 g/mol. The quantitative estimate of drug-likeness (QED) is 0.139. The summed E-state index contributed by atoms with van der Waals surface area (Å²) in [5.74, 6) is 0. The zero-order chi connectivity index (χ0) is 42.8. The predicted octanol–water partition coefficient (Wildman–Crippen LogP) is 15.3. The normalized spacial score (nSPS) is 11.1. The van der Waals surface area contributed by atoms with E-state index in [1.807, 2.05) is 35.3 Å². The molecule has 0 amide bonds. The molecule has 66 heavy (non-hydrogen) atoms. The number of halogens is 6. The molecule has 9 rings (SSSR count). The fourth-order valence-electron chi connectivity index (χ4n) is 6.65. The highest BCUT2D eigenvalue weighted by Gasteiger charge is 2.20. The molecule has 3 aliphatic rings. The third-order valence-corrected chi connectivity index (χ3v) is 13.7. The van der Waals surface area contributed by atoms with Crippen LogP contribution >= 0.6 is 142 Å². The van der Waals surface area contributed by atoms with E-state index in [0.717, 1.165) is 0 Å². The molecule has 0 unspecified atom stereocenters. The number of benzene rings is 6. The standard InChI is InChI=1S/3C16H19N3S.2BrH.2ClH.2HI/c3*1-18(2)11-5-7-13-15(9-11)20-16-10-12(19(3)4)6-8-14(16)17-13;;;;;;/h3*5-10,17H,1-4H3;6*1H. The Morgan fingerprint density at radius 2 is 0.409 bits per heavy atom. The summed E-state index contributed by atoms with van der Waals surface area (Å²) >= 11 is 5.49. The summed E-state index contributed by atoms with van der Waals surface area (Å²) in [5.41, 5.74) is 14.5. The molecule has 3 heterocycles. The maximum absolute atomic E-state index is 3.51. The maximum Gasteiger partial charge on any atom is 0.0527 e. The van der Waals surface area contributed by atoms with E-state index in [1.54, 1.807) is 0 Å². The number of rotatable bonds is 6. The van der Waals surface area contributed by atoms with Crippen LogP contribution in [-0.4, -0.2) is 84.6 Å². The zero-order valence-corrected chi connectivity index (χ0v) is 51.4. The molecule has 6 aromatic carbocycles. The van der Waals surface area contributed by atoms with Crippen molar-refractivity contribution in [3.8, 4) is 0 Å². The van der Waals surface area contributed by atoms with Gasteiger partial charge in [-0.05, 0) is 109 Å². The van der Waals surface area contributed by atoms with Gasteiger partial charge in [-0.2, -0.15) is 0 Å². The number of fused-ring (bicyclic) bond motifs is 6. The van der Waals surface area contributed by atoms with Crippen molar-refractivity contribution in [2.45, 2.75) is 29.4 Å². The van der Waals surface area contributed by atoms with Crippen LogP contribution in [0.1, 0.15) is 0 Å². The van der Waals surface area contributed by atoms with E-state index in [9.17, 15) is 0 Å². The van der Waals surface area contributed by atoms with Gasteiger partial charge in [-0.1, -0.05) is 35.3 Å². The van der Waals surface area contributed by atoms with E-state index in [4.69, 9.17) is 0 Å². The Morgan fingerprint density at radius 1 is 0.273 bits per heavy atom. The van der Waals surface area contributed by atoms with Crippen LogP contribution in [-0.2, 0) is 0 Å². The van der Waals surface area contributed by atoms with Crippen molar-refractivity contribution >= 4 is 210 Å². The van der Waals surface area contributed by atoms with E-state index >= 15 is 0 Å². The van der Waals surface area contributed by atoms with E-state index < -0.39 is 0 Å². The molecule has 0 radical (unpaired) electrons. The Morgan fingerprint density at radius 3 is 0.530 bits per heavy atom. The summed E-state index contributed by atoms with van der Waals surface area (Å²) in [6, 6.07) is 39.2. The number of hydrogen-bond donors (Lipinski definition) is 3. The largest absolute Gasteiger partial charge is 0.378 e. The number of nitrogens with zero attached hydrogens (tertiary/aromatic N) is 6. The van der Waals surface area contributed by atoms with Crippen molar-refractivity contribution in [1.29, 1.82) is 0 Å². The minimum Gasteiger partial charge on any atom is -0.378 e. The van der Waals surface area contributed by atoms with E-state index in [2.05, 4.69) is 239 Å². The van der Waals surface area contributed by atoms with Crippen molar-refractivity contribution in [3.05, 3.63) is 109 Å². The van der Waals surface area contributed by atoms with Gasteiger partial charge in [0.15, 0.2) is 0 Å². The van der Waals surface area contributed by atoms with Gasteiger partial charge in [0.2, 0.25) is 0 Å². The summed E-state index contributed by atoms with van der Waals surface area (Å²) in [5, 5.41) is 10.5. The average molecular weight is 1350 g/mol. The first kappa shape index (κ1) is 61.6. The molecular formula is C48H63Br2Cl2I2N9S3. The van der Waals surface area contributed by atoms with Crippen molar-refractivity contribution in [1.82, 2.24) is 0 Å². The smallest absolute Gasteiger partial charge is 0.0527 e. The van der Waals surface area contributed by atoms with Gasteiger partial charge >= 0.3 is 0 Å². The summed E-state index contributed by atoms with van der Waals surface area (Å²) in [7, 11) is 24.8. The zero-order valence-electron chi connectivity index (χ0n) is 39.2. The van der Waals surface area contributed by atoms with Gasteiger partial charge in [0, 0.05) is 148 Å². The summed E-state index contributed by atoms with van der Waals surface area (Å²) in [6.07, 6.45) is 0. The van der Waals surface area contributed by atoms with Gasteiger partial charge in [-0.15, -0.1) is 107 Å². The first-order chi connectivity index (χ1) is 28.6. The van der Waals surface area contributed by atoms with Crippen molar-refractivity contribution in [3.63, 3.8) is 0 Å². The third-order valence-electron chi connectivity index (χ3n) is 10.4. The fraction of sp³-hybridized carbons (Fsp3) is 0.250. The fourth-order valence-corrected chi connectivity index (χ4v) is 9.82. The van der Waals surface area contributed by atoms with Crippen LogP contribution in [0.25, 0.3) is 0 Å². The predicted molar refractivity (Wildman–Crippen MR) is 333 cm³/mol.